The van der Waals surface area contributed by atoms with E-state index in [1.807, 2.05) is 14.0 Å². The van der Waals surface area contributed by atoms with Crippen molar-refractivity contribution in [3.05, 3.63) is 16.4 Å². The third-order valence-electron chi connectivity index (χ3n) is 4.64. The molecule has 0 saturated heterocycles. The van der Waals surface area contributed by atoms with E-state index >= 15 is 0 Å². The van der Waals surface area contributed by atoms with Gasteiger partial charge in [0.2, 0.25) is 0 Å². The molecular formula is C15H26ClN3O. The summed E-state index contributed by atoms with van der Waals surface area (Å²) in [7, 11) is 1.85. The largest absolute Gasteiger partial charge is 0.389 e. The van der Waals surface area contributed by atoms with Gasteiger partial charge in [0.15, 0.2) is 0 Å². The van der Waals surface area contributed by atoms with E-state index in [9.17, 15) is 5.11 Å². The highest BCUT2D eigenvalue weighted by molar-refractivity contribution is 6.30. The molecule has 0 aromatic carbocycles. The van der Waals surface area contributed by atoms with E-state index in [2.05, 4.69) is 17.3 Å². The summed E-state index contributed by atoms with van der Waals surface area (Å²) in [4.78, 5) is 0. The van der Waals surface area contributed by atoms with Crippen molar-refractivity contribution >= 4 is 11.6 Å². The Morgan fingerprint density at radius 3 is 2.60 bits per heavy atom. The highest BCUT2D eigenvalue weighted by atomic mass is 35.5. The summed E-state index contributed by atoms with van der Waals surface area (Å²) in [5.74, 6) is 0.797. The van der Waals surface area contributed by atoms with Crippen molar-refractivity contribution in [3.63, 3.8) is 0 Å². The van der Waals surface area contributed by atoms with E-state index in [-0.39, 0.29) is 0 Å². The Hall–Kier alpha value is -0.580. The zero-order valence-corrected chi connectivity index (χ0v) is 13.5. The Kier molecular flexibility index (Phi) is 5.10. The summed E-state index contributed by atoms with van der Waals surface area (Å²) in [6.45, 7) is 5.50. The van der Waals surface area contributed by atoms with E-state index in [4.69, 9.17) is 11.6 Å². The average molecular weight is 300 g/mol. The number of nitrogens with one attached hydrogen (secondary N) is 1. The molecule has 1 aromatic rings. The maximum Gasteiger partial charge on any atom is 0.131 e. The molecule has 0 unspecified atom stereocenters. The molecule has 0 radical (unpaired) electrons. The van der Waals surface area contributed by atoms with Crippen molar-refractivity contribution in [2.75, 3.05) is 6.54 Å². The molecule has 0 amide bonds. The molecule has 1 fully saturated rings. The van der Waals surface area contributed by atoms with Gasteiger partial charge in [0.1, 0.15) is 5.15 Å². The first-order valence-corrected chi connectivity index (χ1v) is 7.94. The molecule has 2 N–H and O–H groups in total. The maximum atomic E-state index is 10.6. The maximum absolute atomic E-state index is 10.6. The van der Waals surface area contributed by atoms with E-state index in [1.165, 1.54) is 6.42 Å². The number of halogens is 1. The number of rotatable bonds is 5. The number of hydrogen-bond donors (Lipinski definition) is 2. The van der Waals surface area contributed by atoms with E-state index < -0.39 is 5.60 Å². The summed E-state index contributed by atoms with van der Waals surface area (Å²) in [5.41, 5.74) is 1.43. The molecule has 1 saturated carbocycles. The standard InChI is InChI=1S/C15H26ClN3O/c1-4-12-5-7-15(20,8-6-12)10-17-9-13-11(2)18-19(3)14(13)16/h12,17,20H,4-10H2,1-3H3. The minimum atomic E-state index is -0.547. The van der Waals surface area contributed by atoms with Crippen LogP contribution in [0, 0.1) is 12.8 Å². The zero-order chi connectivity index (χ0) is 14.8. The number of hydrogen-bond acceptors (Lipinski definition) is 3. The molecule has 0 aliphatic heterocycles. The fourth-order valence-electron chi connectivity index (χ4n) is 3.09. The average Bonchev–Trinajstić information content (AvgIpc) is 2.66. The third kappa shape index (κ3) is 3.54. The predicted molar refractivity (Wildman–Crippen MR) is 81.9 cm³/mol. The van der Waals surface area contributed by atoms with Crippen molar-refractivity contribution in [2.45, 2.75) is 58.1 Å². The number of aromatic nitrogens is 2. The highest BCUT2D eigenvalue weighted by Crippen LogP contribution is 2.33. The summed E-state index contributed by atoms with van der Waals surface area (Å²) < 4.78 is 1.69. The zero-order valence-electron chi connectivity index (χ0n) is 12.7. The van der Waals surface area contributed by atoms with Gasteiger partial charge < -0.3 is 10.4 Å². The van der Waals surface area contributed by atoms with Gasteiger partial charge in [-0.25, -0.2) is 0 Å². The van der Waals surface area contributed by atoms with Crippen LogP contribution in [0.25, 0.3) is 0 Å². The summed E-state index contributed by atoms with van der Waals surface area (Å²) in [6, 6.07) is 0. The number of nitrogens with zero attached hydrogens (tertiary/aromatic N) is 2. The topological polar surface area (TPSA) is 50.1 Å². The van der Waals surface area contributed by atoms with Crippen molar-refractivity contribution in [2.24, 2.45) is 13.0 Å². The van der Waals surface area contributed by atoms with Crippen molar-refractivity contribution in [3.8, 4) is 0 Å². The van der Waals surface area contributed by atoms with Crippen LogP contribution in [-0.4, -0.2) is 27.0 Å². The minimum absolute atomic E-state index is 0.547. The third-order valence-corrected chi connectivity index (χ3v) is 5.11. The van der Waals surface area contributed by atoms with Gasteiger partial charge >= 0.3 is 0 Å². The Labute approximate surface area is 126 Å². The van der Waals surface area contributed by atoms with Crippen molar-refractivity contribution in [1.82, 2.24) is 15.1 Å². The second kappa shape index (κ2) is 6.46. The van der Waals surface area contributed by atoms with Gasteiger partial charge in [-0.15, -0.1) is 0 Å². The van der Waals surface area contributed by atoms with Gasteiger partial charge in [-0.1, -0.05) is 24.9 Å². The first-order valence-electron chi connectivity index (χ1n) is 7.56. The van der Waals surface area contributed by atoms with Crippen LogP contribution in [0.3, 0.4) is 0 Å². The fraction of sp³-hybridized carbons (Fsp3) is 0.800. The second-order valence-corrected chi connectivity index (χ2v) is 6.52. The molecule has 1 aliphatic rings. The monoisotopic (exact) mass is 299 g/mol. The van der Waals surface area contributed by atoms with Gasteiger partial charge in [0, 0.05) is 25.7 Å². The lowest BCUT2D eigenvalue weighted by molar-refractivity contribution is -0.00882. The normalized spacial score (nSPS) is 26.9. The lowest BCUT2D eigenvalue weighted by atomic mass is 9.78. The molecule has 114 valence electrons. The van der Waals surface area contributed by atoms with Crippen LogP contribution in [0.5, 0.6) is 0 Å². The van der Waals surface area contributed by atoms with Crippen molar-refractivity contribution in [1.29, 1.82) is 0 Å². The molecule has 5 heteroatoms. The van der Waals surface area contributed by atoms with E-state index in [1.54, 1.807) is 4.68 Å². The second-order valence-electron chi connectivity index (χ2n) is 6.16. The summed E-state index contributed by atoms with van der Waals surface area (Å²) in [6.07, 6.45) is 5.31. The van der Waals surface area contributed by atoms with Crippen LogP contribution in [0.4, 0.5) is 0 Å². The molecular weight excluding hydrogens is 274 g/mol. The van der Waals surface area contributed by atoms with Crippen molar-refractivity contribution < 1.29 is 5.11 Å². The smallest absolute Gasteiger partial charge is 0.131 e. The van der Waals surface area contributed by atoms with Crippen LogP contribution in [0.1, 0.15) is 50.3 Å². The SMILES string of the molecule is CCC1CCC(O)(CNCc2c(C)nn(C)c2Cl)CC1. The quantitative estimate of drug-likeness (QED) is 0.879. The van der Waals surface area contributed by atoms with Gasteiger partial charge in [-0.05, 0) is 38.5 Å². The molecule has 1 heterocycles. The van der Waals surface area contributed by atoms with Crippen LogP contribution >= 0.6 is 11.6 Å². The molecule has 1 aromatic heterocycles. The summed E-state index contributed by atoms with van der Waals surface area (Å²) in [5, 5.41) is 18.9. The van der Waals surface area contributed by atoms with E-state index in [0.717, 1.165) is 42.9 Å². The fourth-order valence-corrected chi connectivity index (χ4v) is 3.34. The van der Waals surface area contributed by atoms with Crippen LogP contribution < -0.4 is 5.32 Å². The summed E-state index contributed by atoms with van der Waals surface area (Å²) >= 11 is 6.21. The number of aliphatic hydroxyl groups is 1. The molecule has 20 heavy (non-hydrogen) atoms. The van der Waals surface area contributed by atoms with Crippen LogP contribution in [-0.2, 0) is 13.6 Å². The van der Waals surface area contributed by atoms with Gasteiger partial charge in [-0.3, -0.25) is 4.68 Å². The Balaban J connectivity index is 1.84. The lowest BCUT2D eigenvalue weighted by Crippen LogP contribution is -2.43. The first kappa shape index (κ1) is 15.8. The Bertz CT molecular complexity index is 450. The van der Waals surface area contributed by atoms with Crippen LogP contribution in [0.15, 0.2) is 0 Å². The lowest BCUT2D eigenvalue weighted by Gasteiger charge is -2.36. The van der Waals surface area contributed by atoms with Gasteiger partial charge in [0.05, 0.1) is 11.3 Å². The van der Waals surface area contributed by atoms with Gasteiger partial charge in [0.25, 0.3) is 0 Å². The van der Waals surface area contributed by atoms with Gasteiger partial charge in [-0.2, -0.15) is 5.10 Å². The molecule has 4 nitrogen and oxygen atoms in total. The molecule has 0 atom stereocenters. The number of aryl methyl sites for hydroxylation is 2. The molecule has 2 rings (SSSR count). The van der Waals surface area contributed by atoms with E-state index in [0.29, 0.717) is 18.2 Å². The molecule has 0 bridgehead atoms. The highest BCUT2D eigenvalue weighted by Gasteiger charge is 2.32. The predicted octanol–water partition coefficient (Wildman–Crippen LogP) is 2.80. The Morgan fingerprint density at radius 2 is 2.10 bits per heavy atom. The first-order chi connectivity index (χ1) is 9.45. The van der Waals surface area contributed by atoms with Crippen LogP contribution in [0.2, 0.25) is 5.15 Å². The minimum Gasteiger partial charge on any atom is -0.389 e. The Morgan fingerprint density at radius 1 is 1.45 bits per heavy atom. The molecule has 0 spiro atoms. The molecule has 1 aliphatic carbocycles.